The van der Waals surface area contributed by atoms with E-state index in [4.69, 9.17) is 56.8 Å². The first-order valence-corrected chi connectivity index (χ1v) is 46.1. The van der Waals surface area contributed by atoms with Crippen molar-refractivity contribution in [3.8, 4) is 34.5 Å². The number of hydrogen-bond donors (Lipinski definition) is 0. The van der Waals surface area contributed by atoms with Gasteiger partial charge in [0.25, 0.3) is 0 Å². The van der Waals surface area contributed by atoms with Crippen molar-refractivity contribution in [2.45, 2.75) is 238 Å². The SMILES string of the molecule is CC(F)(F)C(=O)OC12CC3CC(C1)C1(OCC(F)(F)C(F)(F)CO1)C(C3)C2.CC(F)(F)C(=O)OC12CC3CC(C1)C1(OCC(F)(F)C(F)(F)CO1)C(C3)C2.CCN(CC)CC.[Cl-].c1ccc([S+](c2ccccc2)c2ccc(Oc3ccc(OC4CCCCO4)cc3)cc2)cc1.c1ccc([S+](c2ccccc2)c2ccc(Oc3ccc(OC4CCCCO4)cc3)cc2)cc1. The molecule has 12 fully saturated rings. The van der Waals surface area contributed by atoms with Gasteiger partial charge in [-0.05, 0) is 267 Å². The summed E-state index contributed by atoms with van der Waals surface area (Å²) < 4.78 is 230. The Morgan fingerprint density at radius 2 is 0.617 bits per heavy atom. The molecule has 8 saturated carbocycles. The Hall–Kier alpha value is -8.23. The first-order chi connectivity index (χ1) is 60.6. The number of alkyl halides is 12. The van der Waals surface area contributed by atoms with Crippen LogP contribution in [-0.4, -0.2) is 147 Å². The summed E-state index contributed by atoms with van der Waals surface area (Å²) in [7, 11) is -0.321. The van der Waals surface area contributed by atoms with Crippen LogP contribution in [-0.2, 0) is 69.3 Å². The smallest absolute Gasteiger partial charge is 0.377 e. The fourth-order valence-corrected chi connectivity index (χ4v) is 23.3. The molecule has 692 valence electrons. The second-order valence-electron chi connectivity index (χ2n) is 34.4. The van der Waals surface area contributed by atoms with E-state index in [-0.39, 0.29) is 84.3 Å². The largest absolute Gasteiger partial charge is 1.00 e. The molecule has 15 nitrogen and oxygen atoms in total. The van der Waals surface area contributed by atoms with Crippen LogP contribution in [0.5, 0.6) is 34.5 Å². The summed E-state index contributed by atoms with van der Waals surface area (Å²) in [6.07, 6.45) is 9.07. The molecule has 6 unspecified atom stereocenters. The number of ether oxygens (including phenoxy) is 12. The molecule has 8 aliphatic carbocycles. The summed E-state index contributed by atoms with van der Waals surface area (Å²) in [6.45, 7) is 6.66. The van der Waals surface area contributed by atoms with Crippen LogP contribution < -0.4 is 31.4 Å². The van der Waals surface area contributed by atoms with E-state index in [1.165, 1.54) is 49.0 Å². The van der Waals surface area contributed by atoms with E-state index >= 15 is 0 Å². The van der Waals surface area contributed by atoms with Crippen LogP contribution in [0.4, 0.5) is 52.7 Å². The van der Waals surface area contributed by atoms with Crippen molar-refractivity contribution in [1.82, 2.24) is 4.90 Å². The van der Waals surface area contributed by atoms with Crippen LogP contribution in [0.3, 0.4) is 0 Å². The van der Waals surface area contributed by atoms with E-state index in [1.807, 2.05) is 72.8 Å². The lowest BCUT2D eigenvalue weighted by Crippen LogP contribution is -3.00. The Morgan fingerprint density at radius 3 is 0.852 bits per heavy atom. The molecule has 4 saturated heterocycles. The summed E-state index contributed by atoms with van der Waals surface area (Å²) in [5.74, 6) is -28.7. The van der Waals surface area contributed by atoms with Gasteiger partial charge in [0.15, 0.2) is 53.5 Å². The lowest BCUT2D eigenvalue weighted by atomic mass is 9.51. The highest BCUT2D eigenvalue weighted by atomic mass is 35.5. The van der Waals surface area contributed by atoms with Gasteiger partial charge in [0.1, 0.15) is 72.1 Å². The van der Waals surface area contributed by atoms with E-state index in [9.17, 15) is 62.3 Å². The number of benzene rings is 8. The van der Waals surface area contributed by atoms with Crippen LogP contribution in [0.2, 0.25) is 0 Å². The molecule has 0 aromatic heterocycles. The van der Waals surface area contributed by atoms with E-state index in [0.29, 0.717) is 52.4 Å². The average molecular weight is 1850 g/mol. The molecule has 12 aliphatic rings. The predicted molar refractivity (Wildman–Crippen MR) is 453 cm³/mol. The van der Waals surface area contributed by atoms with Gasteiger partial charge < -0.3 is 74.1 Å². The molecule has 6 atom stereocenters. The fourth-order valence-electron chi connectivity index (χ4n) is 19.2. The third kappa shape index (κ3) is 23.1. The first-order valence-electron chi connectivity index (χ1n) is 43.7. The van der Waals surface area contributed by atoms with E-state index in [1.54, 1.807) is 0 Å². The zero-order valence-electron chi connectivity index (χ0n) is 72.0. The maximum absolute atomic E-state index is 13.7. The Labute approximate surface area is 751 Å². The summed E-state index contributed by atoms with van der Waals surface area (Å²) in [6, 6.07) is 74.9. The fraction of sp³-hybridized carbons (Fsp3) is 0.490. The number of nitrogens with zero attached hydrogens (tertiary/aromatic N) is 1. The Bertz CT molecular complexity index is 4390. The summed E-state index contributed by atoms with van der Waals surface area (Å²) in [5.41, 5.74) is -2.30. The Morgan fingerprint density at radius 1 is 0.367 bits per heavy atom. The second-order valence-corrected chi connectivity index (χ2v) is 38.5. The van der Waals surface area contributed by atoms with Crippen molar-refractivity contribution < 1.29 is 132 Å². The topological polar surface area (TPSA) is 148 Å². The van der Waals surface area contributed by atoms with Gasteiger partial charge in [0.2, 0.25) is 0 Å². The molecule has 4 heterocycles. The molecule has 8 aromatic rings. The third-order valence-corrected chi connectivity index (χ3v) is 29.6. The third-order valence-electron chi connectivity index (χ3n) is 25.2. The predicted octanol–water partition coefficient (Wildman–Crippen LogP) is 20.9. The number of carbonyl (C=O) groups excluding carboxylic acids is 2. The van der Waals surface area contributed by atoms with Gasteiger partial charge >= 0.3 is 47.5 Å². The van der Waals surface area contributed by atoms with Gasteiger partial charge in [0, 0.05) is 50.4 Å². The van der Waals surface area contributed by atoms with Gasteiger partial charge in [-0.15, -0.1) is 0 Å². The van der Waals surface area contributed by atoms with Gasteiger partial charge in [-0.1, -0.05) is 93.6 Å². The lowest BCUT2D eigenvalue weighted by Gasteiger charge is -2.63. The van der Waals surface area contributed by atoms with Crippen LogP contribution in [0.1, 0.15) is 137 Å². The van der Waals surface area contributed by atoms with Gasteiger partial charge in [-0.25, -0.2) is 9.59 Å². The molecular weight excluding hydrogens is 1740 g/mol. The van der Waals surface area contributed by atoms with Gasteiger partial charge in [-0.3, -0.25) is 0 Å². The van der Waals surface area contributed by atoms with Crippen molar-refractivity contribution in [2.24, 2.45) is 35.5 Å². The Kier molecular flexibility index (Phi) is 31.4. The van der Waals surface area contributed by atoms with Crippen molar-refractivity contribution in [1.29, 1.82) is 0 Å². The van der Waals surface area contributed by atoms with Gasteiger partial charge in [-0.2, -0.15) is 52.7 Å². The molecule has 0 N–H and O–H groups in total. The molecule has 0 amide bonds. The van der Waals surface area contributed by atoms with Crippen LogP contribution in [0, 0.1) is 35.5 Å². The monoisotopic (exact) mass is 1850 g/mol. The summed E-state index contributed by atoms with van der Waals surface area (Å²) >= 11 is 0. The number of esters is 2. The van der Waals surface area contributed by atoms with Crippen molar-refractivity contribution in [3.05, 3.63) is 218 Å². The Balaban J connectivity index is 0.000000142. The highest BCUT2D eigenvalue weighted by Gasteiger charge is 2.72. The van der Waals surface area contributed by atoms with Crippen LogP contribution in [0.25, 0.3) is 0 Å². The molecule has 0 radical (unpaired) electrons. The minimum atomic E-state index is -4.36. The van der Waals surface area contributed by atoms with Crippen molar-refractivity contribution in [3.63, 3.8) is 0 Å². The van der Waals surface area contributed by atoms with E-state index in [0.717, 1.165) is 86.2 Å². The second kappa shape index (κ2) is 41.3. The van der Waals surface area contributed by atoms with Crippen molar-refractivity contribution >= 4 is 33.7 Å². The number of carbonyl (C=O) groups is 2. The molecule has 8 bridgehead atoms. The number of hydrogen-bond acceptors (Lipinski definition) is 15. The maximum Gasteiger partial charge on any atom is 0.377 e. The summed E-state index contributed by atoms with van der Waals surface area (Å²) in [5, 5.41) is 0. The molecular formula is C98H109ClF12NO14S2+. The molecule has 30 heteroatoms. The zero-order valence-corrected chi connectivity index (χ0v) is 74.4. The molecule has 8 aromatic carbocycles. The first kappa shape index (κ1) is 97.3. The zero-order chi connectivity index (χ0) is 90.1. The average Bonchev–Trinajstić information content (AvgIpc) is 1.17. The molecule has 4 aliphatic heterocycles. The lowest BCUT2D eigenvalue weighted by molar-refractivity contribution is -0.355. The highest BCUT2D eigenvalue weighted by Crippen LogP contribution is 2.66. The van der Waals surface area contributed by atoms with Crippen LogP contribution in [0.15, 0.2) is 248 Å². The number of halogens is 13. The standard InChI is InChI=1S/2C29H27O3S.2C17H20F6O4.C6H15N.ClH/c2*1-3-9-26(10-4-1)33(27-11-5-2-6-12-27)28-20-18-24(19-21-28)31-23-14-16-25(17-15-23)32-29-13-7-8-22-30-29;2*1-13(18,19)12(24)27-14-4-9-2-10(5-14)17(11(3-9)6-14)25-7-15(20,21)16(22,23)8-26-17;1-4-7(5-2)6-3;/h2*1-6,9-12,14-21,29H,7-8,13,22H2;2*9-11H,2-8H2,1H3;4-6H2,1-3H3;1H/q2*+1;;;;/p-1. The minimum Gasteiger partial charge on any atom is -1.00 e. The molecule has 128 heavy (non-hydrogen) atoms. The maximum atomic E-state index is 13.7. The molecule has 2 spiro atoms. The van der Waals surface area contributed by atoms with E-state index < -0.39 is 120 Å². The van der Waals surface area contributed by atoms with Crippen LogP contribution >= 0.6 is 0 Å². The van der Waals surface area contributed by atoms with E-state index in [2.05, 4.69) is 171 Å². The van der Waals surface area contributed by atoms with Crippen molar-refractivity contribution in [2.75, 3.05) is 59.3 Å². The molecule has 20 rings (SSSR count). The minimum absolute atomic E-state index is 0. The quantitative estimate of drug-likeness (QED) is 0.0381. The van der Waals surface area contributed by atoms with Gasteiger partial charge in [0.05, 0.1) is 35.0 Å². The normalized spacial score (nSPS) is 26.2. The number of rotatable bonds is 21. The highest BCUT2D eigenvalue weighted by molar-refractivity contribution is 7.97. The summed E-state index contributed by atoms with van der Waals surface area (Å²) in [4.78, 5) is 33.5.